The van der Waals surface area contributed by atoms with Crippen molar-refractivity contribution >= 4 is 40.8 Å². The van der Waals surface area contributed by atoms with E-state index in [1.807, 2.05) is 0 Å². The largest absolute Gasteiger partial charge is 0.476 e. The maximum atomic E-state index is 14.6. The zero-order valence-corrected chi connectivity index (χ0v) is 14.3. The van der Waals surface area contributed by atoms with E-state index in [9.17, 15) is 27.9 Å². The summed E-state index contributed by atoms with van der Waals surface area (Å²) in [6, 6.07) is 3.26. The van der Waals surface area contributed by atoms with Crippen LogP contribution in [0.1, 0.15) is 17.4 Å². The molecule has 0 atom stereocenters. The lowest BCUT2D eigenvalue weighted by atomic mass is 10.1. The van der Waals surface area contributed by atoms with Crippen molar-refractivity contribution in [1.82, 2.24) is 4.98 Å². The van der Waals surface area contributed by atoms with E-state index >= 15 is 0 Å². The van der Waals surface area contributed by atoms with Gasteiger partial charge in [-0.05, 0) is 18.2 Å². The van der Waals surface area contributed by atoms with Gasteiger partial charge in [0.25, 0.3) is 0 Å². The van der Waals surface area contributed by atoms with Crippen LogP contribution in [0.2, 0.25) is 10.0 Å². The number of nitrogens with one attached hydrogen (secondary N) is 1. The molecule has 2 rings (SSSR count). The smallest absolute Gasteiger partial charge is 0.387 e. The van der Waals surface area contributed by atoms with E-state index in [-0.39, 0.29) is 22.0 Å². The van der Waals surface area contributed by atoms with E-state index in [1.165, 1.54) is 0 Å². The van der Waals surface area contributed by atoms with Gasteiger partial charge in [-0.2, -0.15) is 8.78 Å². The average molecular weight is 409 g/mol. The molecule has 0 aliphatic heterocycles. The minimum absolute atomic E-state index is 0.146. The standard InChI is InChI=1S/C15H9Cl2F3N2O4/c1-5(23)21-9-4-8(22-12(10(9)17)14(24)25)6-2-3-7(16)13(11(6)18)26-15(19)20/h2-4,15H,1H3,(H,24,25)(H,21,22,23). The number of ether oxygens (including phenoxy) is 1. The number of carbonyl (C=O) groups is 2. The van der Waals surface area contributed by atoms with Crippen LogP contribution in [-0.4, -0.2) is 28.6 Å². The minimum Gasteiger partial charge on any atom is -0.476 e. The molecule has 138 valence electrons. The fourth-order valence-electron chi connectivity index (χ4n) is 2.02. The Morgan fingerprint density at radius 3 is 2.50 bits per heavy atom. The highest BCUT2D eigenvalue weighted by Crippen LogP contribution is 2.37. The summed E-state index contributed by atoms with van der Waals surface area (Å²) in [4.78, 5) is 26.3. The molecule has 0 aliphatic carbocycles. The first kappa shape index (κ1) is 19.8. The molecule has 26 heavy (non-hydrogen) atoms. The van der Waals surface area contributed by atoms with Gasteiger partial charge in [-0.15, -0.1) is 0 Å². The summed E-state index contributed by atoms with van der Waals surface area (Å²) in [7, 11) is 0. The molecule has 2 N–H and O–H groups in total. The number of anilines is 1. The van der Waals surface area contributed by atoms with Crippen LogP contribution < -0.4 is 10.1 Å². The first-order chi connectivity index (χ1) is 12.1. The number of carbonyl (C=O) groups excluding carboxylic acids is 1. The van der Waals surface area contributed by atoms with Crippen molar-refractivity contribution < 1.29 is 32.6 Å². The third-order valence-electron chi connectivity index (χ3n) is 3.00. The summed E-state index contributed by atoms with van der Waals surface area (Å²) in [5, 5.41) is 10.7. The molecule has 11 heteroatoms. The predicted molar refractivity (Wildman–Crippen MR) is 87.5 cm³/mol. The van der Waals surface area contributed by atoms with Crippen LogP contribution in [0.15, 0.2) is 18.2 Å². The van der Waals surface area contributed by atoms with E-state index < -0.39 is 40.8 Å². The number of pyridine rings is 1. The second-order valence-electron chi connectivity index (χ2n) is 4.82. The Kier molecular flexibility index (Phi) is 5.94. The second kappa shape index (κ2) is 7.79. The van der Waals surface area contributed by atoms with Crippen molar-refractivity contribution in [3.8, 4) is 17.0 Å². The topological polar surface area (TPSA) is 88.5 Å². The van der Waals surface area contributed by atoms with Gasteiger partial charge in [0, 0.05) is 12.5 Å². The normalized spacial score (nSPS) is 10.7. The Hall–Kier alpha value is -2.52. The monoisotopic (exact) mass is 408 g/mol. The van der Waals surface area contributed by atoms with Crippen molar-refractivity contribution in [3.63, 3.8) is 0 Å². The number of carboxylic acid groups (broad SMARTS) is 1. The van der Waals surface area contributed by atoms with Crippen LogP contribution >= 0.6 is 23.2 Å². The van der Waals surface area contributed by atoms with Gasteiger partial charge in [0.1, 0.15) is 0 Å². The van der Waals surface area contributed by atoms with Gasteiger partial charge in [0.15, 0.2) is 17.3 Å². The van der Waals surface area contributed by atoms with Crippen molar-refractivity contribution in [2.75, 3.05) is 5.32 Å². The summed E-state index contributed by atoms with van der Waals surface area (Å²) in [6.07, 6.45) is 0. The second-order valence-corrected chi connectivity index (χ2v) is 5.61. The average Bonchev–Trinajstić information content (AvgIpc) is 2.52. The highest BCUT2D eigenvalue weighted by molar-refractivity contribution is 6.36. The van der Waals surface area contributed by atoms with Gasteiger partial charge in [0.05, 0.1) is 21.4 Å². The van der Waals surface area contributed by atoms with E-state index in [4.69, 9.17) is 23.2 Å². The van der Waals surface area contributed by atoms with Gasteiger partial charge in [-0.3, -0.25) is 4.79 Å². The molecule has 0 bridgehead atoms. The van der Waals surface area contributed by atoms with Crippen LogP contribution in [0.3, 0.4) is 0 Å². The van der Waals surface area contributed by atoms with E-state index in [0.29, 0.717) is 0 Å². The number of benzene rings is 1. The summed E-state index contributed by atoms with van der Waals surface area (Å²) in [5.74, 6) is -4.31. The van der Waals surface area contributed by atoms with Crippen molar-refractivity contribution in [3.05, 3.63) is 39.8 Å². The zero-order chi connectivity index (χ0) is 19.6. The Balaban J connectivity index is 2.70. The molecule has 0 saturated heterocycles. The van der Waals surface area contributed by atoms with Crippen LogP contribution in [0.4, 0.5) is 18.9 Å². The first-order valence-electron chi connectivity index (χ1n) is 6.76. The van der Waals surface area contributed by atoms with Gasteiger partial charge in [-0.25, -0.2) is 14.2 Å². The maximum absolute atomic E-state index is 14.6. The molecule has 0 aliphatic rings. The zero-order valence-electron chi connectivity index (χ0n) is 12.8. The third-order valence-corrected chi connectivity index (χ3v) is 3.68. The lowest BCUT2D eigenvalue weighted by Crippen LogP contribution is -2.11. The van der Waals surface area contributed by atoms with E-state index in [0.717, 1.165) is 25.1 Å². The number of hydrogen-bond acceptors (Lipinski definition) is 4. The summed E-state index contributed by atoms with van der Waals surface area (Å²) in [6.45, 7) is -2.19. The molecule has 1 amide bonds. The quantitative estimate of drug-likeness (QED) is 0.762. The van der Waals surface area contributed by atoms with Crippen molar-refractivity contribution in [2.45, 2.75) is 13.5 Å². The third kappa shape index (κ3) is 4.17. The number of nitrogens with zero attached hydrogens (tertiary/aromatic N) is 1. The van der Waals surface area contributed by atoms with Gasteiger partial charge >= 0.3 is 12.6 Å². The number of amides is 1. The molecule has 1 aromatic carbocycles. The molecule has 0 radical (unpaired) electrons. The molecule has 1 heterocycles. The van der Waals surface area contributed by atoms with Crippen molar-refractivity contribution in [1.29, 1.82) is 0 Å². The van der Waals surface area contributed by atoms with Crippen LogP contribution in [0, 0.1) is 5.82 Å². The Morgan fingerprint density at radius 2 is 1.96 bits per heavy atom. The molecule has 0 fully saturated rings. The van der Waals surface area contributed by atoms with Gasteiger partial charge < -0.3 is 15.2 Å². The Bertz CT molecular complexity index is 894. The number of hydrogen-bond donors (Lipinski definition) is 2. The number of halogens is 5. The van der Waals surface area contributed by atoms with Crippen LogP contribution in [0.25, 0.3) is 11.3 Å². The van der Waals surface area contributed by atoms with E-state index in [1.54, 1.807) is 0 Å². The molecule has 2 aromatic rings. The van der Waals surface area contributed by atoms with Gasteiger partial charge in [-0.1, -0.05) is 23.2 Å². The van der Waals surface area contributed by atoms with E-state index in [2.05, 4.69) is 15.0 Å². The molecular weight excluding hydrogens is 400 g/mol. The SMILES string of the molecule is CC(=O)Nc1cc(-c2ccc(Cl)c(OC(F)F)c2F)nc(C(=O)O)c1Cl. The Morgan fingerprint density at radius 1 is 1.31 bits per heavy atom. The molecule has 0 unspecified atom stereocenters. The molecule has 6 nitrogen and oxygen atoms in total. The Labute approximate surface area is 154 Å². The number of aromatic nitrogens is 1. The molecular formula is C15H9Cl2F3N2O4. The number of carboxylic acids is 1. The molecule has 0 spiro atoms. The summed E-state index contributed by atoms with van der Waals surface area (Å²) in [5.41, 5.74) is -1.48. The number of alkyl halides is 2. The molecule has 1 aromatic heterocycles. The lowest BCUT2D eigenvalue weighted by Gasteiger charge is -2.13. The lowest BCUT2D eigenvalue weighted by molar-refractivity contribution is -0.114. The highest BCUT2D eigenvalue weighted by Gasteiger charge is 2.23. The highest BCUT2D eigenvalue weighted by atomic mass is 35.5. The van der Waals surface area contributed by atoms with Crippen LogP contribution in [-0.2, 0) is 4.79 Å². The minimum atomic E-state index is -3.33. The van der Waals surface area contributed by atoms with Crippen LogP contribution in [0.5, 0.6) is 5.75 Å². The first-order valence-corrected chi connectivity index (χ1v) is 7.52. The molecule has 0 saturated carbocycles. The fraction of sp³-hybridized carbons (Fsp3) is 0.133. The number of aromatic carboxylic acids is 1. The summed E-state index contributed by atoms with van der Waals surface area (Å²) >= 11 is 11.5. The fourth-order valence-corrected chi connectivity index (χ4v) is 2.43. The predicted octanol–water partition coefficient (Wildman–Crippen LogP) is 4.45. The summed E-state index contributed by atoms with van der Waals surface area (Å²) < 4.78 is 43.5. The number of rotatable bonds is 5. The maximum Gasteiger partial charge on any atom is 0.387 e. The van der Waals surface area contributed by atoms with Crippen molar-refractivity contribution in [2.24, 2.45) is 0 Å². The van der Waals surface area contributed by atoms with Gasteiger partial charge in [0.2, 0.25) is 5.91 Å².